The Labute approximate surface area is 172 Å². The third-order valence-corrected chi connectivity index (χ3v) is 5.75. The van der Waals surface area contributed by atoms with Gasteiger partial charge in [0.2, 0.25) is 5.91 Å². The third kappa shape index (κ3) is 4.97. The molecule has 29 heavy (non-hydrogen) atoms. The molecular weight excluding hydrogens is 362 g/mol. The van der Waals surface area contributed by atoms with Crippen LogP contribution in [0.25, 0.3) is 0 Å². The molecule has 5 heteroatoms. The standard InChI is InChI=1S/C24H29N3O2/c1-26(17-18-8-12-22(13-9-18)27-14-3-2-4-15-27)24(29)20-6-5-7-21(16-20)25-23(28)19-10-11-19/h5-9,12-13,16,19H,2-4,10-11,14-15,17H2,1H3,(H,25,28). The first-order valence-corrected chi connectivity index (χ1v) is 10.6. The summed E-state index contributed by atoms with van der Waals surface area (Å²) in [6.07, 6.45) is 5.78. The minimum Gasteiger partial charge on any atom is -0.372 e. The van der Waals surface area contributed by atoms with Gasteiger partial charge in [-0.3, -0.25) is 9.59 Å². The molecule has 5 nitrogen and oxygen atoms in total. The highest BCUT2D eigenvalue weighted by atomic mass is 16.2. The van der Waals surface area contributed by atoms with E-state index in [9.17, 15) is 9.59 Å². The van der Waals surface area contributed by atoms with Crippen molar-refractivity contribution in [2.75, 3.05) is 30.4 Å². The molecule has 2 aromatic carbocycles. The van der Waals surface area contributed by atoms with Crippen molar-refractivity contribution in [1.82, 2.24) is 4.90 Å². The van der Waals surface area contributed by atoms with Gasteiger partial charge in [-0.25, -0.2) is 0 Å². The summed E-state index contributed by atoms with van der Waals surface area (Å²) in [5, 5.41) is 2.91. The van der Waals surface area contributed by atoms with Gasteiger partial charge in [-0.1, -0.05) is 18.2 Å². The number of rotatable bonds is 6. The number of benzene rings is 2. The predicted molar refractivity (Wildman–Crippen MR) is 116 cm³/mol. The fourth-order valence-electron chi connectivity index (χ4n) is 3.85. The van der Waals surface area contributed by atoms with Crippen LogP contribution in [0.15, 0.2) is 48.5 Å². The molecule has 2 aliphatic rings. The average Bonchev–Trinajstić information content (AvgIpc) is 3.60. The zero-order valence-corrected chi connectivity index (χ0v) is 17.1. The molecule has 2 aromatic rings. The average molecular weight is 392 g/mol. The summed E-state index contributed by atoms with van der Waals surface area (Å²) in [5.41, 5.74) is 3.65. The monoisotopic (exact) mass is 391 g/mol. The van der Waals surface area contributed by atoms with Crippen molar-refractivity contribution in [3.63, 3.8) is 0 Å². The Bertz CT molecular complexity index is 868. The molecule has 0 spiro atoms. The maximum atomic E-state index is 12.9. The van der Waals surface area contributed by atoms with Crippen LogP contribution in [0.1, 0.15) is 48.0 Å². The molecule has 1 N–H and O–H groups in total. The zero-order chi connectivity index (χ0) is 20.2. The molecule has 0 aromatic heterocycles. The van der Waals surface area contributed by atoms with E-state index in [-0.39, 0.29) is 17.7 Å². The number of anilines is 2. The Kier molecular flexibility index (Phi) is 5.84. The van der Waals surface area contributed by atoms with E-state index in [1.54, 1.807) is 17.0 Å². The van der Waals surface area contributed by atoms with E-state index in [2.05, 4.69) is 34.5 Å². The van der Waals surface area contributed by atoms with Crippen LogP contribution < -0.4 is 10.2 Å². The summed E-state index contributed by atoms with van der Waals surface area (Å²) in [5.74, 6) is 0.148. The van der Waals surface area contributed by atoms with Gasteiger partial charge in [0.25, 0.3) is 5.91 Å². The lowest BCUT2D eigenvalue weighted by Crippen LogP contribution is -2.29. The molecule has 152 valence electrons. The van der Waals surface area contributed by atoms with Gasteiger partial charge in [-0.15, -0.1) is 0 Å². The molecule has 0 unspecified atom stereocenters. The molecular formula is C24H29N3O2. The van der Waals surface area contributed by atoms with E-state index in [0.717, 1.165) is 31.5 Å². The van der Waals surface area contributed by atoms with Crippen LogP contribution in [0.4, 0.5) is 11.4 Å². The highest BCUT2D eigenvalue weighted by Crippen LogP contribution is 2.30. The lowest BCUT2D eigenvalue weighted by molar-refractivity contribution is -0.117. The lowest BCUT2D eigenvalue weighted by Gasteiger charge is -2.29. The topological polar surface area (TPSA) is 52.6 Å². The first kappa shape index (κ1) is 19.5. The number of piperidine rings is 1. The van der Waals surface area contributed by atoms with Crippen LogP contribution in [0.2, 0.25) is 0 Å². The van der Waals surface area contributed by atoms with Gasteiger partial charge in [-0.2, -0.15) is 0 Å². The molecule has 2 fully saturated rings. The largest absolute Gasteiger partial charge is 0.372 e. The SMILES string of the molecule is CN(Cc1ccc(N2CCCCC2)cc1)C(=O)c1cccc(NC(=O)C2CC2)c1. The Morgan fingerprint density at radius 3 is 2.45 bits per heavy atom. The van der Waals surface area contributed by atoms with Crippen molar-refractivity contribution in [1.29, 1.82) is 0 Å². The molecule has 1 heterocycles. The summed E-state index contributed by atoms with van der Waals surface area (Å²) < 4.78 is 0. The molecule has 0 bridgehead atoms. The highest BCUT2D eigenvalue weighted by molar-refractivity contribution is 5.98. The second-order valence-electron chi connectivity index (χ2n) is 8.22. The van der Waals surface area contributed by atoms with Crippen molar-refractivity contribution in [2.45, 2.75) is 38.6 Å². The summed E-state index contributed by atoms with van der Waals surface area (Å²) in [6, 6.07) is 15.7. The molecule has 1 saturated carbocycles. The summed E-state index contributed by atoms with van der Waals surface area (Å²) in [6.45, 7) is 2.81. The maximum Gasteiger partial charge on any atom is 0.253 e. The Morgan fingerprint density at radius 2 is 1.76 bits per heavy atom. The molecule has 2 amide bonds. The normalized spacial score (nSPS) is 16.4. The number of carbonyl (C=O) groups is 2. The van der Waals surface area contributed by atoms with Crippen molar-refractivity contribution in [3.8, 4) is 0 Å². The number of hydrogen-bond acceptors (Lipinski definition) is 3. The zero-order valence-electron chi connectivity index (χ0n) is 17.1. The Hall–Kier alpha value is -2.82. The highest BCUT2D eigenvalue weighted by Gasteiger charge is 2.29. The lowest BCUT2D eigenvalue weighted by atomic mass is 10.1. The number of amides is 2. The summed E-state index contributed by atoms with van der Waals surface area (Å²) in [4.78, 5) is 29.0. The van der Waals surface area contributed by atoms with Crippen molar-refractivity contribution >= 4 is 23.2 Å². The molecule has 4 rings (SSSR count). The van der Waals surface area contributed by atoms with Crippen LogP contribution in [0, 0.1) is 5.92 Å². The van der Waals surface area contributed by atoms with E-state index < -0.39 is 0 Å². The molecule has 0 atom stereocenters. The van der Waals surface area contributed by atoms with Crippen LogP contribution >= 0.6 is 0 Å². The van der Waals surface area contributed by atoms with Crippen molar-refractivity contribution in [2.24, 2.45) is 5.92 Å². The number of carbonyl (C=O) groups excluding carboxylic acids is 2. The van der Waals surface area contributed by atoms with E-state index in [4.69, 9.17) is 0 Å². The minimum absolute atomic E-state index is 0.0485. The van der Waals surface area contributed by atoms with Crippen LogP contribution in [-0.2, 0) is 11.3 Å². The molecule has 0 radical (unpaired) electrons. The van der Waals surface area contributed by atoms with E-state index in [1.807, 2.05) is 19.2 Å². The number of nitrogens with one attached hydrogen (secondary N) is 1. The minimum atomic E-state index is -0.0485. The predicted octanol–water partition coefficient (Wildman–Crippen LogP) is 4.30. The summed E-state index contributed by atoms with van der Waals surface area (Å²) in [7, 11) is 1.82. The maximum absolute atomic E-state index is 12.9. The van der Waals surface area contributed by atoms with E-state index in [1.165, 1.54) is 24.9 Å². The van der Waals surface area contributed by atoms with Crippen LogP contribution in [-0.4, -0.2) is 36.9 Å². The van der Waals surface area contributed by atoms with E-state index >= 15 is 0 Å². The van der Waals surface area contributed by atoms with E-state index in [0.29, 0.717) is 17.8 Å². The Balaban J connectivity index is 1.37. The second-order valence-corrected chi connectivity index (χ2v) is 8.22. The third-order valence-electron chi connectivity index (χ3n) is 5.75. The van der Waals surface area contributed by atoms with Crippen LogP contribution in [0.5, 0.6) is 0 Å². The fraction of sp³-hybridized carbons (Fsp3) is 0.417. The van der Waals surface area contributed by atoms with Gasteiger partial charge in [0.1, 0.15) is 0 Å². The van der Waals surface area contributed by atoms with Gasteiger partial charge < -0.3 is 15.1 Å². The van der Waals surface area contributed by atoms with Gasteiger partial charge in [0, 0.05) is 49.5 Å². The second kappa shape index (κ2) is 8.68. The van der Waals surface area contributed by atoms with Gasteiger partial charge in [0.05, 0.1) is 0 Å². The van der Waals surface area contributed by atoms with Crippen molar-refractivity contribution in [3.05, 3.63) is 59.7 Å². The number of nitrogens with zero attached hydrogens (tertiary/aromatic N) is 2. The molecule has 1 saturated heterocycles. The molecule has 1 aliphatic carbocycles. The Morgan fingerprint density at radius 1 is 1.03 bits per heavy atom. The van der Waals surface area contributed by atoms with Gasteiger partial charge in [-0.05, 0) is 68.0 Å². The van der Waals surface area contributed by atoms with Gasteiger partial charge in [0.15, 0.2) is 0 Å². The summed E-state index contributed by atoms with van der Waals surface area (Å²) >= 11 is 0. The smallest absolute Gasteiger partial charge is 0.253 e. The fourth-order valence-corrected chi connectivity index (χ4v) is 3.85. The van der Waals surface area contributed by atoms with Gasteiger partial charge >= 0.3 is 0 Å². The first-order valence-electron chi connectivity index (χ1n) is 10.6. The van der Waals surface area contributed by atoms with Crippen molar-refractivity contribution < 1.29 is 9.59 Å². The van der Waals surface area contributed by atoms with Crippen LogP contribution in [0.3, 0.4) is 0 Å². The number of hydrogen-bond donors (Lipinski definition) is 1. The molecule has 1 aliphatic heterocycles. The quantitative estimate of drug-likeness (QED) is 0.799. The first-order chi connectivity index (χ1) is 14.1.